The largest absolute Gasteiger partial charge is 0.486 e. The molecule has 120 valence electrons. The minimum absolute atomic E-state index is 0.0462. The number of hydrogen-bond acceptors (Lipinski definition) is 4. The Bertz CT molecular complexity index is 726. The number of nitrogens with zero attached hydrogens (tertiary/aromatic N) is 1. The molecule has 2 N–H and O–H groups in total. The van der Waals surface area contributed by atoms with Crippen LogP contribution in [0.2, 0.25) is 0 Å². The van der Waals surface area contributed by atoms with Gasteiger partial charge in [0, 0.05) is 24.2 Å². The number of carbonyl (C=O) groups is 1. The highest BCUT2D eigenvalue weighted by Gasteiger charge is 2.24. The highest BCUT2D eigenvalue weighted by atomic mass is 16.6. The molecule has 0 unspecified atom stereocenters. The van der Waals surface area contributed by atoms with Crippen LogP contribution < -0.4 is 14.8 Å². The van der Waals surface area contributed by atoms with Gasteiger partial charge in [-0.1, -0.05) is 12.1 Å². The van der Waals surface area contributed by atoms with Crippen molar-refractivity contribution in [2.24, 2.45) is 0 Å². The van der Waals surface area contributed by atoms with Crippen molar-refractivity contribution in [3.05, 3.63) is 41.2 Å². The van der Waals surface area contributed by atoms with E-state index >= 15 is 0 Å². The first-order valence-corrected chi connectivity index (χ1v) is 8.04. The molecule has 1 aliphatic carbocycles. The summed E-state index contributed by atoms with van der Waals surface area (Å²) in [6, 6.07) is 7.63. The number of para-hydroxylation sites is 2. The van der Waals surface area contributed by atoms with Crippen LogP contribution in [0.25, 0.3) is 0 Å². The van der Waals surface area contributed by atoms with Crippen molar-refractivity contribution in [3.8, 4) is 11.5 Å². The topological polar surface area (TPSA) is 76.2 Å². The van der Waals surface area contributed by atoms with Gasteiger partial charge in [-0.05, 0) is 31.4 Å². The van der Waals surface area contributed by atoms with E-state index in [1.165, 1.54) is 0 Å². The van der Waals surface area contributed by atoms with Crippen molar-refractivity contribution in [2.75, 3.05) is 13.2 Å². The van der Waals surface area contributed by atoms with E-state index in [-0.39, 0.29) is 12.0 Å². The number of amides is 1. The SMILES string of the molecule is O=C(NCC[C@H]1COc2ccccc2O1)c1n[nH]c2c1CCC2. The van der Waals surface area contributed by atoms with Crippen LogP contribution in [0.1, 0.15) is 34.6 Å². The molecule has 1 atom stereocenters. The van der Waals surface area contributed by atoms with Gasteiger partial charge in [0.2, 0.25) is 0 Å². The second-order valence-electron chi connectivity index (χ2n) is 5.93. The predicted molar refractivity (Wildman–Crippen MR) is 83.9 cm³/mol. The molecule has 1 aliphatic heterocycles. The number of aromatic amines is 1. The van der Waals surface area contributed by atoms with Crippen molar-refractivity contribution in [1.29, 1.82) is 0 Å². The fourth-order valence-corrected chi connectivity index (χ4v) is 3.14. The first-order valence-electron chi connectivity index (χ1n) is 8.04. The first kappa shape index (κ1) is 14.1. The minimum atomic E-state index is -0.110. The fourth-order valence-electron chi connectivity index (χ4n) is 3.14. The Kier molecular flexibility index (Phi) is 3.65. The highest BCUT2D eigenvalue weighted by Crippen LogP contribution is 2.31. The average Bonchev–Trinajstić information content (AvgIpc) is 3.18. The molecule has 4 rings (SSSR count). The normalized spacial score (nSPS) is 18.5. The number of aryl methyl sites for hydroxylation is 1. The number of carbonyl (C=O) groups excluding carboxylic acids is 1. The van der Waals surface area contributed by atoms with Crippen molar-refractivity contribution in [1.82, 2.24) is 15.5 Å². The van der Waals surface area contributed by atoms with E-state index in [4.69, 9.17) is 9.47 Å². The maximum absolute atomic E-state index is 12.2. The molecule has 23 heavy (non-hydrogen) atoms. The maximum Gasteiger partial charge on any atom is 0.272 e. The molecule has 0 saturated heterocycles. The van der Waals surface area contributed by atoms with Crippen LogP contribution in [0.15, 0.2) is 24.3 Å². The van der Waals surface area contributed by atoms with Gasteiger partial charge in [-0.3, -0.25) is 9.89 Å². The van der Waals surface area contributed by atoms with Crippen LogP contribution in [-0.4, -0.2) is 35.4 Å². The number of hydrogen-bond donors (Lipinski definition) is 2. The standard InChI is InChI=1S/C17H19N3O3/c21-17(16-12-4-3-5-13(12)19-20-16)18-9-8-11-10-22-14-6-1-2-7-15(14)23-11/h1-2,6-7,11H,3-5,8-10H2,(H,18,21)(H,19,20)/t11-/m0/s1. The molecule has 1 aromatic carbocycles. The zero-order valence-electron chi connectivity index (χ0n) is 12.8. The van der Waals surface area contributed by atoms with E-state index in [1.54, 1.807) is 0 Å². The third kappa shape index (κ3) is 2.76. The Hall–Kier alpha value is -2.50. The number of ether oxygens (including phenoxy) is 2. The molecule has 1 amide bonds. The summed E-state index contributed by atoms with van der Waals surface area (Å²) in [5.74, 6) is 1.43. The number of rotatable bonds is 4. The molecular formula is C17H19N3O3. The van der Waals surface area contributed by atoms with Crippen molar-refractivity contribution in [3.63, 3.8) is 0 Å². The predicted octanol–water partition coefficient (Wildman–Crippen LogP) is 1.86. The van der Waals surface area contributed by atoms with Gasteiger partial charge in [-0.15, -0.1) is 0 Å². The third-order valence-electron chi connectivity index (χ3n) is 4.34. The lowest BCUT2D eigenvalue weighted by atomic mass is 10.2. The number of H-pyrrole nitrogens is 1. The zero-order chi connectivity index (χ0) is 15.6. The molecule has 6 heteroatoms. The average molecular weight is 313 g/mol. The minimum Gasteiger partial charge on any atom is -0.486 e. The Morgan fingerprint density at radius 1 is 1.30 bits per heavy atom. The van der Waals surface area contributed by atoms with E-state index in [9.17, 15) is 4.79 Å². The summed E-state index contributed by atoms with van der Waals surface area (Å²) in [6.07, 6.45) is 3.67. The zero-order valence-corrected chi connectivity index (χ0v) is 12.8. The summed E-state index contributed by atoms with van der Waals surface area (Å²) in [7, 11) is 0. The van der Waals surface area contributed by atoms with Gasteiger partial charge in [0.25, 0.3) is 5.91 Å². The summed E-state index contributed by atoms with van der Waals surface area (Å²) < 4.78 is 11.6. The Balaban J connectivity index is 1.30. The summed E-state index contributed by atoms with van der Waals surface area (Å²) in [6.45, 7) is 1.04. The van der Waals surface area contributed by atoms with Crippen LogP contribution >= 0.6 is 0 Å². The van der Waals surface area contributed by atoms with Crippen LogP contribution in [0, 0.1) is 0 Å². The molecule has 2 aliphatic rings. The van der Waals surface area contributed by atoms with E-state index in [0.717, 1.165) is 42.0 Å². The smallest absolute Gasteiger partial charge is 0.272 e. The van der Waals surface area contributed by atoms with Gasteiger partial charge in [-0.25, -0.2) is 0 Å². The second-order valence-corrected chi connectivity index (χ2v) is 5.93. The quantitative estimate of drug-likeness (QED) is 0.903. The summed E-state index contributed by atoms with van der Waals surface area (Å²) in [5.41, 5.74) is 2.73. The van der Waals surface area contributed by atoms with Crippen molar-refractivity contribution in [2.45, 2.75) is 31.8 Å². The van der Waals surface area contributed by atoms with Gasteiger partial charge in [0.15, 0.2) is 17.2 Å². The van der Waals surface area contributed by atoms with Crippen molar-refractivity contribution >= 4 is 5.91 Å². The third-order valence-corrected chi connectivity index (χ3v) is 4.34. The molecule has 2 aromatic rings. The van der Waals surface area contributed by atoms with Gasteiger partial charge in [0.05, 0.1) is 0 Å². The van der Waals surface area contributed by atoms with Crippen LogP contribution in [0.4, 0.5) is 0 Å². The lowest BCUT2D eigenvalue weighted by Crippen LogP contribution is -2.34. The second kappa shape index (κ2) is 5.95. The van der Waals surface area contributed by atoms with E-state index in [1.807, 2.05) is 24.3 Å². The Morgan fingerprint density at radius 3 is 3.09 bits per heavy atom. The molecule has 0 radical (unpaired) electrons. The van der Waals surface area contributed by atoms with Crippen LogP contribution in [0.3, 0.4) is 0 Å². The molecule has 0 bridgehead atoms. The molecule has 0 fully saturated rings. The summed E-state index contributed by atoms with van der Waals surface area (Å²) >= 11 is 0. The molecule has 0 saturated carbocycles. The van der Waals surface area contributed by atoms with Gasteiger partial charge < -0.3 is 14.8 Å². The Morgan fingerprint density at radius 2 is 2.17 bits per heavy atom. The molecular weight excluding hydrogens is 294 g/mol. The Labute approximate surface area is 134 Å². The highest BCUT2D eigenvalue weighted by molar-refractivity contribution is 5.94. The van der Waals surface area contributed by atoms with E-state index < -0.39 is 0 Å². The molecule has 2 heterocycles. The van der Waals surface area contributed by atoms with Crippen molar-refractivity contribution < 1.29 is 14.3 Å². The van der Waals surface area contributed by atoms with Gasteiger partial charge in [-0.2, -0.15) is 5.10 Å². The van der Waals surface area contributed by atoms with Crippen LogP contribution in [0.5, 0.6) is 11.5 Å². The lowest BCUT2D eigenvalue weighted by molar-refractivity contribution is 0.0811. The monoisotopic (exact) mass is 313 g/mol. The number of fused-ring (bicyclic) bond motifs is 2. The number of nitrogens with one attached hydrogen (secondary N) is 2. The van der Waals surface area contributed by atoms with Gasteiger partial charge in [0.1, 0.15) is 12.7 Å². The summed E-state index contributed by atoms with van der Waals surface area (Å²) in [5, 5.41) is 10.0. The molecule has 6 nitrogen and oxygen atoms in total. The fraction of sp³-hybridized carbons (Fsp3) is 0.412. The first-order chi connectivity index (χ1) is 11.3. The molecule has 0 spiro atoms. The summed E-state index contributed by atoms with van der Waals surface area (Å²) in [4.78, 5) is 12.2. The maximum atomic E-state index is 12.2. The lowest BCUT2D eigenvalue weighted by Gasteiger charge is -2.26. The van der Waals surface area contributed by atoms with E-state index in [2.05, 4.69) is 15.5 Å². The number of benzene rings is 1. The van der Waals surface area contributed by atoms with Crippen LogP contribution in [-0.2, 0) is 12.8 Å². The number of aromatic nitrogens is 2. The van der Waals surface area contributed by atoms with Gasteiger partial charge >= 0.3 is 0 Å². The molecule has 1 aromatic heterocycles. The van der Waals surface area contributed by atoms with E-state index in [0.29, 0.717) is 25.3 Å².